The molecule has 0 spiro atoms. The zero-order chi connectivity index (χ0) is 23.2. The van der Waals surface area contributed by atoms with Crippen LogP contribution < -0.4 is 20.7 Å². The van der Waals surface area contributed by atoms with Crippen molar-refractivity contribution in [2.24, 2.45) is 0 Å². The van der Waals surface area contributed by atoms with Gasteiger partial charge < -0.3 is 25.7 Å². The van der Waals surface area contributed by atoms with Crippen LogP contribution in [0.25, 0.3) is 22.2 Å². The monoisotopic (exact) mass is 462 g/mol. The molecule has 1 aliphatic heterocycles. The summed E-state index contributed by atoms with van der Waals surface area (Å²) in [7, 11) is 1.65. The Morgan fingerprint density at radius 3 is 2.82 bits per heavy atom. The number of para-hydroxylation sites is 1. The first-order valence-corrected chi connectivity index (χ1v) is 11.4. The molecule has 0 aliphatic carbocycles. The maximum absolute atomic E-state index is 6.49. The lowest BCUT2D eigenvalue weighted by atomic mass is 10.0. The zero-order valence-corrected chi connectivity index (χ0v) is 19.7. The Labute approximate surface area is 197 Å². The summed E-state index contributed by atoms with van der Waals surface area (Å²) < 4.78 is 5.69. The van der Waals surface area contributed by atoms with Gasteiger partial charge in [0.05, 0.1) is 41.1 Å². The fourth-order valence-corrected chi connectivity index (χ4v) is 4.84. The van der Waals surface area contributed by atoms with E-state index < -0.39 is 0 Å². The molecule has 0 amide bonds. The van der Waals surface area contributed by atoms with E-state index in [1.54, 1.807) is 13.3 Å². The summed E-state index contributed by atoms with van der Waals surface area (Å²) in [4.78, 5) is 14.7. The zero-order valence-electron chi connectivity index (χ0n) is 18.9. The molecule has 1 aliphatic rings. The topological polar surface area (TPSA) is 92.1 Å². The fraction of sp³-hybridized carbons (Fsp3) is 0.280. The number of nitrogen functional groups attached to an aromatic ring is 1. The van der Waals surface area contributed by atoms with Crippen molar-refractivity contribution >= 4 is 45.5 Å². The van der Waals surface area contributed by atoms with Crippen LogP contribution in [0.15, 0.2) is 48.8 Å². The number of benzene rings is 2. The molecule has 3 heterocycles. The van der Waals surface area contributed by atoms with Gasteiger partial charge in [-0.2, -0.15) is 0 Å². The molecular weight excluding hydrogens is 436 g/mol. The molecule has 0 radical (unpaired) electrons. The third kappa shape index (κ3) is 3.82. The lowest BCUT2D eigenvalue weighted by Crippen LogP contribution is -2.38. The van der Waals surface area contributed by atoms with Gasteiger partial charge in [0.15, 0.2) is 0 Å². The summed E-state index contributed by atoms with van der Waals surface area (Å²) in [6.45, 7) is 5.46. The third-order valence-corrected chi connectivity index (χ3v) is 6.65. The van der Waals surface area contributed by atoms with Crippen LogP contribution in [0.2, 0.25) is 5.02 Å². The van der Waals surface area contributed by atoms with Gasteiger partial charge in [-0.25, -0.2) is 9.97 Å². The minimum absolute atomic E-state index is 0.0571. The molecule has 5 rings (SSSR count). The predicted molar refractivity (Wildman–Crippen MR) is 136 cm³/mol. The third-order valence-electron chi connectivity index (χ3n) is 6.38. The average Bonchev–Trinajstić information content (AvgIpc) is 3.38. The standard InChI is InChI=1S/C25H27ClN6O/c1-25(2)9-6-10-32(25)21-12-22(33-3)20(11-18(21)27)30-24-29-14-17(26)23(31-24)16-13-28-19-8-5-4-7-15(16)19/h4-5,7-8,11-14,28H,6,9-10,27H2,1-3H3,(H,29,30,31). The maximum atomic E-state index is 6.49. The summed E-state index contributed by atoms with van der Waals surface area (Å²) in [5.74, 6) is 1.08. The SMILES string of the molecule is COc1cc(N2CCCC2(C)C)c(N)cc1Nc1ncc(Cl)c(-c2c[nH]c3ccccc23)n1. The highest BCUT2D eigenvalue weighted by molar-refractivity contribution is 6.33. The van der Waals surface area contributed by atoms with Crippen LogP contribution in [0, 0.1) is 0 Å². The number of ether oxygens (including phenoxy) is 1. The Bertz CT molecular complexity index is 1330. The first-order chi connectivity index (χ1) is 15.9. The summed E-state index contributed by atoms with van der Waals surface area (Å²) >= 11 is 6.48. The number of rotatable bonds is 5. The molecule has 4 N–H and O–H groups in total. The van der Waals surface area contributed by atoms with Crippen LogP contribution in [0.5, 0.6) is 5.75 Å². The van der Waals surface area contributed by atoms with E-state index in [0.717, 1.165) is 41.5 Å². The summed E-state index contributed by atoms with van der Waals surface area (Å²) in [6.07, 6.45) is 5.78. The van der Waals surface area contributed by atoms with Crippen molar-refractivity contribution in [2.75, 3.05) is 29.6 Å². The number of fused-ring (bicyclic) bond motifs is 1. The molecule has 0 saturated carbocycles. The van der Waals surface area contributed by atoms with Crippen LogP contribution in [0.3, 0.4) is 0 Å². The molecule has 2 aromatic heterocycles. The minimum Gasteiger partial charge on any atom is -0.494 e. The molecule has 33 heavy (non-hydrogen) atoms. The van der Waals surface area contributed by atoms with Crippen LogP contribution in [0.4, 0.5) is 23.0 Å². The molecule has 1 saturated heterocycles. The van der Waals surface area contributed by atoms with Crippen LogP contribution in [0.1, 0.15) is 26.7 Å². The van der Waals surface area contributed by atoms with E-state index in [4.69, 9.17) is 27.1 Å². The van der Waals surface area contributed by atoms with Crippen molar-refractivity contribution in [3.8, 4) is 17.0 Å². The lowest BCUT2D eigenvalue weighted by molar-refractivity contribution is 0.416. The van der Waals surface area contributed by atoms with E-state index in [-0.39, 0.29) is 5.54 Å². The van der Waals surface area contributed by atoms with Gasteiger partial charge in [0.1, 0.15) is 5.75 Å². The molecule has 8 heteroatoms. The number of methoxy groups -OCH3 is 1. The van der Waals surface area contributed by atoms with Gasteiger partial charge in [-0.1, -0.05) is 29.8 Å². The van der Waals surface area contributed by atoms with E-state index in [1.165, 1.54) is 0 Å². The minimum atomic E-state index is 0.0571. The Kier molecular flexibility index (Phi) is 5.29. The normalized spacial score (nSPS) is 15.2. The lowest BCUT2D eigenvalue weighted by Gasteiger charge is -2.35. The molecule has 0 atom stereocenters. The number of H-pyrrole nitrogens is 1. The number of nitrogens with one attached hydrogen (secondary N) is 2. The first kappa shape index (κ1) is 21.4. The van der Waals surface area contributed by atoms with E-state index in [1.807, 2.05) is 42.6 Å². The van der Waals surface area contributed by atoms with Gasteiger partial charge in [-0.3, -0.25) is 0 Å². The molecule has 7 nitrogen and oxygen atoms in total. The van der Waals surface area contributed by atoms with E-state index >= 15 is 0 Å². The Morgan fingerprint density at radius 1 is 1.24 bits per heavy atom. The van der Waals surface area contributed by atoms with Gasteiger partial charge in [-0.15, -0.1) is 0 Å². The number of anilines is 4. The van der Waals surface area contributed by atoms with Crippen LogP contribution in [-0.4, -0.2) is 34.1 Å². The first-order valence-electron chi connectivity index (χ1n) is 11.0. The van der Waals surface area contributed by atoms with E-state index in [2.05, 4.69) is 34.0 Å². The molecule has 4 aromatic rings. The summed E-state index contributed by atoms with van der Waals surface area (Å²) in [5, 5.41) is 4.79. The summed E-state index contributed by atoms with van der Waals surface area (Å²) in [5.41, 5.74) is 11.5. The Morgan fingerprint density at radius 2 is 2.06 bits per heavy atom. The largest absolute Gasteiger partial charge is 0.494 e. The molecule has 2 aromatic carbocycles. The summed E-state index contributed by atoms with van der Waals surface area (Å²) in [6, 6.07) is 11.9. The molecule has 1 fully saturated rings. The Hall–Kier alpha value is -3.45. The second-order valence-electron chi connectivity index (χ2n) is 8.94. The van der Waals surface area contributed by atoms with Gasteiger partial charge in [0.2, 0.25) is 5.95 Å². The number of aromatic amines is 1. The van der Waals surface area contributed by atoms with Crippen LogP contribution in [-0.2, 0) is 0 Å². The highest BCUT2D eigenvalue weighted by Gasteiger charge is 2.33. The Balaban J connectivity index is 1.51. The molecule has 0 bridgehead atoms. The second-order valence-corrected chi connectivity index (χ2v) is 9.35. The number of halogens is 1. The van der Waals surface area contributed by atoms with Gasteiger partial charge in [0, 0.05) is 40.8 Å². The number of hydrogen-bond acceptors (Lipinski definition) is 6. The number of aromatic nitrogens is 3. The quantitative estimate of drug-likeness (QED) is 0.315. The number of nitrogens with two attached hydrogens (primary N) is 1. The molecular formula is C25H27ClN6O. The van der Waals surface area contributed by atoms with Crippen molar-refractivity contribution in [3.05, 3.63) is 53.8 Å². The van der Waals surface area contributed by atoms with Gasteiger partial charge in [-0.05, 0) is 38.8 Å². The van der Waals surface area contributed by atoms with E-state index in [9.17, 15) is 0 Å². The van der Waals surface area contributed by atoms with Crippen LogP contribution >= 0.6 is 11.6 Å². The highest BCUT2D eigenvalue weighted by atomic mass is 35.5. The average molecular weight is 463 g/mol. The van der Waals surface area contributed by atoms with Crippen molar-refractivity contribution in [3.63, 3.8) is 0 Å². The van der Waals surface area contributed by atoms with Gasteiger partial charge in [0.25, 0.3) is 0 Å². The highest BCUT2D eigenvalue weighted by Crippen LogP contribution is 2.42. The number of nitrogens with zero attached hydrogens (tertiary/aromatic N) is 3. The molecule has 0 unspecified atom stereocenters. The predicted octanol–water partition coefficient (Wildman–Crippen LogP) is 5.99. The second kappa shape index (κ2) is 8.15. The molecule has 170 valence electrons. The maximum Gasteiger partial charge on any atom is 0.227 e. The number of hydrogen-bond donors (Lipinski definition) is 3. The smallest absolute Gasteiger partial charge is 0.227 e. The van der Waals surface area contributed by atoms with Crippen molar-refractivity contribution in [1.82, 2.24) is 15.0 Å². The van der Waals surface area contributed by atoms with Crippen molar-refractivity contribution < 1.29 is 4.74 Å². The van der Waals surface area contributed by atoms with Crippen molar-refractivity contribution in [1.29, 1.82) is 0 Å². The van der Waals surface area contributed by atoms with Crippen molar-refractivity contribution in [2.45, 2.75) is 32.2 Å². The van der Waals surface area contributed by atoms with E-state index in [0.29, 0.717) is 33.8 Å². The van der Waals surface area contributed by atoms with Gasteiger partial charge >= 0.3 is 0 Å². The fourth-order valence-electron chi connectivity index (χ4n) is 4.64.